The molecule has 0 atom stereocenters. The van der Waals surface area contributed by atoms with E-state index in [0.29, 0.717) is 80.4 Å². The molecule has 1 aromatic heterocycles. The molecule has 2 fully saturated rings. The first-order chi connectivity index (χ1) is 19.9. The zero-order chi connectivity index (χ0) is 28.8. The van der Waals surface area contributed by atoms with Gasteiger partial charge in [0, 0.05) is 42.8 Å². The van der Waals surface area contributed by atoms with Crippen LogP contribution in [0.15, 0.2) is 30.5 Å². The molecule has 1 spiro atoms. The summed E-state index contributed by atoms with van der Waals surface area (Å²) >= 11 is 12.7. The third-order valence-corrected chi connectivity index (χ3v) is 8.32. The molecule has 5 rings (SSSR count). The van der Waals surface area contributed by atoms with Gasteiger partial charge in [-0.2, -0.15) is 5.26 Å². The number of pyridine rings is 1. The predicted molar refractivity (Wildman–Crippen MR) is 159 cm³/mol. The van der Waals surface area contributed by atoms with E-state index in [2.05, 4.69) is 21.3 Å². The first kappa shape index (κ1) is 29.5. The Balaban J connectivity index is 1.37. The Morgan fingerprint density at radius 1 is 1.00 bits per heavy atom. The van der Waals surface area contributed by atoms with Crippen LogP contribution in [0.5, 0.6) is 17.2 Å². The standard InChI is InChI=1S/C30H34Cl2N4O5/c1-37-10-11-41-28-14-24-21(12-27(28)40-9-3-6-36-7-4-30(5-8-36)18-39-19-30)29(20(16-33)17-34-24)35-25-15-26(38-2)23(32)13-22(25)31/h12-15,17H,3-11,18-19H2,1-2H3,(H,34,35). The van der Waals surface area contributed by atoms with Crippen molar-refractivity contribution in [1.82, 2.24) is 9.88 Å². The summed E-state index contributed by atoms with van der Waals surface area (Å²) in [6, 6.07) is 9.18. The lowest BCUT2D eigenvalue weighted by Gasteiger charge is -2.47. The third-order valence-electron chi connectivity index (χ3n) is 7.71. The average Bonchev–Trinajstić information content (AvgIpc) is 2.96. The number of hydrogen-bond acceptors (Lipinski definition) is 9. The molecule has 9 nitrogen and oxygen atoms in total. The highest BCUT2D eigenvalue weighted by atomic mass is 35.5. The van der Waals surface area contributed by atoms with Gasteiger partial charge in [0.05, 0.1) is 66.0 Å². The van der Waals surface area contributed by atoms with E-state index in [1.54, 1.807) is 19.2 Å². The molecule has 218 valence electrons. The van der Waals surface area contributed by atoms with Crippen LogP contribution in [0, 0.1) is 16.7 Å². The summed E-state index contributed by atoms with van der Waals surface area (Å²) in [6.07, 6.45) is 4.79. The van der Waals surface area contributed by atoms with E-state index in [9.17, 15) is 5.26 Å². The van der Waals surface area contributed by atoms with E-state index in [4.69, 9.17) is 46.9 Å². The topological polar surface area (TPSA) is 98.1 Å². The minimum Gasteiger partial charge on any atom is -0.495 e. The van der Waals surface area contributed by atoms with Gasteiger partial charge in [-0.1, -0.05) is 23.2 Å². The van der Waals surface area contributed by atoms with Crippen molar-refractivity contribution in [2.24, 2.45) is 5.41 Å². The quantitative estimate of drug-likeness (QED) is 0.248. The van der Waals surface area contributed by atoms with Crippen molar-refractivity contribution >= 4 is 45.5 Å². The van der Waals surface area contributed by atoms with Gasteiger partial charge in [-0.25, -0.2) is 0 Å². The number of fused-ring (bicyclic) bond motifs is 1. The van der Waals surface area contributed by atoms with Crippen molar-refractivity contribution in [3.8, 4) is 23.3 Å². The van der Waals surface area contributed by atoms with Gasteiger partial charge in [-0.3, -0.25) is 4.98 Å². The SMILES string of the molecule is COCCOc1cc2ncc(C#N)c(Nc3cc(OC)c(Cl)cc3Cl)c2cc1OCCCN1CCC2(CC1)COC2. The number of hydrogen-bond donors (Lipinski definition) is 1. The molecule has 0 unspecified atom stereocenters. The van der Waals surface area contributed by atoms with Crippen molar-refractivity contribution in [1.29, 1.82) is 5.26 Å². The first-order valence-electron chi connectivity index (χ1n) is 13.7. The highest BCUT2D eigenvalue weighted by molar-refractivity contribution is 6.37. The van der Waals surface area contributed by atoms with Crippen LogP contribution in [0.2, 0.25) is 10.0 Å². The van der Waals surface area contributed by atoms with Gasteiger partial charge in [0.15, 0.2) is 11.5 Å². The molecule has 2 saturated heterocycles. The van der Waals surface area contributed by atoms with E-state index in [1.165, 1.54) is 26.1 Å². The number of nitrogens with one attached hydrogen (secondary N) is 1. The number of likely N-dealkylation sites (tertiary alicyclic amines) is 1. The molecule has 0 saturated carbocycles. The minimum absolute atomic E-state index is 0.348. The maximum Gasteiger partial charge on any atom is 0.163 e. The van der Waals surface area contributed by atoms with Crippen molar-refractivity contribution in [3.63, 3.8) is 0 Å². The first-order valence-corrected chi connectivity index (χ1v) is 14.4. The Labute approximate surface area is 250 Å². The minimum atomic E-state index is 0.348. The van der Waals surface area contributed by atoms with Crippen LogP contribution in [0.1, 0.15) is 24.8 Å². The fourth-order valence-electron chi connectivity index (χ4n) is 5.20. The number of piperidine rings is 1. The predicted octanol–water partition coefficient (Wildman–Crippen LogP) is 6.07. The number of nitriles is 1. The maximum absolute atomic E-state index is 9.90. The largest absolute Gasteiger partial charge is 0.495 e. The van der Waals surface area contributed by atoms with Crippen molar-refractivity contribution in [2.75, 3.05) is 72.2 Å². The van der Waals surface area contributed by atoms with E-state index in [0.717, 1.165) is 39.3 Å². The number of rotatable bonds is 12. The molecule has 0 aliphatic carbocycles. The second-order valence-electron chi connectivity index (χ2n) is 10.4. The summed E-state index contributed by atoms with van der Waals surface area (Å²) in [5, 5.41) is 14.7. The zero-order valence-electron chi connectivity index (χ0n) is 23.3. The van der Waals surface area contributed by atoms with E-state index >= 15 is 0 Å². The van der Waals surface area contributed by atoms with Crippen LogP contribution in [-0.4, -0.2) is 76.8 Å². The molecule has 3 heterocycles. The van der Waals surface area contributed by atoms with Gasteiger partial charge in [0.1, 0.15) is 18.4 Å². The van der Waals surface area contributed by atoms with Crippen LogP contribution in [0.25, 0.3) is 10.9 Å². The van der Waals surface area contributed by atoms with Gasteiger partial charge < -0.3 is 33.9 Å². The van der Waals surface area contributed by atoms with Crippen LogP contribution in [0.4, 0.5) is 11.4 Å². The van der Waals surface area contributed by atoms with Gasteiger partial charge >= 0.3 is 0 Å². The summed E-state index contributed by atoms with van der Waals surface area (Å²) in [6.45, 7) is 6.30. The average molecular weight is 602 g/mol. The third kappa shape index (κ3) is 6.74. The van der Waals surface area contributed by atoms with Crippen molar-refractivity contribution < 1.29 is 23.7 Å². The lowest BCUT2D eigenvalue weighted by atomic mass is 9.77. The number of methoxy groups -OCH3 is 2. The number of ether oxygens (including phenoxy) is 5. The Bertz CT molecular complexity index is 1420. The number of benzene rings is 2. The number of nitrogens with zero attached hydrogens (tertiary/aromatic N) is 3. The molecule has 1 N–H and O–H groups in total. The van der Waals surface area contributed by atoms with Gasteiger partial charge in [-0.15, -0.1) is 0 Å². The second-order valence-corrected chi connectivity index (χ2v) is 11.3. The van der Waals surface area contributed by atoms with Crippen molar-refractivity contribution in [2.45, 2.75) is 19.3 Å². The van der Waals surface area contributed by atoms with Crippen LogP contribution in [0.3, 0.4) is 0 Å². The highest BCUT2D eigenvalue weighted by Gasteiger charge is 2.40. The van der Waals surface area contributed by atoms with Gasteiger partial charge in [0.2, 0.25) is 0 Å². The number of aromatic nitrogens is 1. The van der Waals surface area contributed by atoms with E-state index in [1.807, 2.05) is 12.1 Å². The smallest absolute Gasteiger partial charge is 0.163 e. The molecular formula is C30H34Cl2N4O5. The summed E-state index contributed by atoms with van der Waals surface area (Å²) in [4.78, 5) is 7.01. The van der Waals surface area contributed by atoms with Crippen LogP contribution >= 0.6 is 23.2 Å². The molecule has 2 aliphatic rings. The molecule has 41 heavy (non-hydrogen) atoms. The molecule has 0 amide bonds. The molecule has 0 bridgehead atoms. The summed E-state index contributed by atoms with van der Waals surface area (Å²) in [5.74, 6) is 1.59. The molecular weight excluding hydrogens is 567 g/mol. The fraction of sp³-hybridized carbons (Fsp3) is 0.467. The normalized spacial score (nSPS) is 16.3. The molecule has 11 heteroatoms. The van der Waals surface area contributed by atoms with Crippen molar-refractivity contribution in [3.05, 3.63) is 46.1 Å². The molecule has 2 aliphatic heterocycles. The summed E-state index contributed by atoms with van der Waals surface area (Å²) < 4.78 is 28.3. The molecule has 2 aromatic carbocycles. The van der Waals surface area contributed by atoms with Crippen LogP contribution < -0.4 is 19.5 Å². The lowest BCUT2D eigenvalue weighted by molar-refractivity contribution is -0.139. The Morgan fingerprint density at radius 2 is 1.76 bits per heavy atom. The Morgan fingerprint density at radius 3 is 2.44 bits per heavy atom. The Hall–Kier alpha value is -3.00. The zero-order valence-corrected chi connectivity index (χ0v) is 24.8. The highest BCUT2D eigenvalue weighted by Crippen LogP contribution is 2.41. The monoisotopic (exact) mass is 600 g/mol. The second kappa shape index (κ2) is 13.3. The lowest BCUT2D eigenvalue weighted by Crippen LogP contribution is -2.51. The maximum atomic E-state index is 9.90. The number of anilines is 2. The van der Waals surface area contributed by atoms with Gasteiger partial charge in [-0.05, 0) is 44.5 Å². The summed E-state index contributed by atoms with van der Waals surface area (Å²) in [7, 11) is 3.16. The van der Waals surface area contributed by atoms with E-state index < -0.39 is 0 Å². The molecule has 0 radical (unpaired) electrons. The fourth-order valence-corrected chi connectivity index (χ4v) is 5.70. The summed E-state index contributed by atoms with van der Waals surface area (Å²) in [5.41, 5.74) is 2.48. The number of halogens is 2. The van der Waals surface area contributed by atoms with E-state index in [-0.39, 0.29) is 0 Å². The molecule has 3 aromatic rings. The van der Waals surface area contributed by atoms with Gasteiger partial charge in [0.25, 0.3) is 0 Å². The van der Waals surface area contributed by atoms with Crippen LogP contribution in [-0.2, 0) is 9.47 Å². The Kier molecular flexibility index (Phi) is 9.58.